The van der Waals surface area contributed by atoms with E-state index in [1.165, 1.54) is 24.6 Å². The fourth-order valence-corrected chi connectivity index (χ4v) is 0.324. The Morgan fingerprint density at radius 2 is 1.92 bits per heavy atom. The summed E-state index contributed by atoms with van der Waals surface area (Å²) in [7, 11) is 0. The van der Waals surface area contributed by atoms with Crippen molar-refractivity contribution in [2.45, 2.75) is 20.3 Å². The molecular weight excluding hydrogens is 154 g/mol. The SMILES string of the molecule is C=C/C=C(\C=C)[N+](=O)[O-].CCC. The zero-order chi connectivity index (χ0) is 9.98. The Morgan fingerprint density at radius 3 is 2.00 bits per heavy atom. The third kappa shape index (κ3) is 8.62. The third-order valence-electron chi connectivity index (χ3n) is 0.709. The van der Waals surface area contributed by atoms with Crippen molar-refractivity contribution in [1.82, 2.24) is 0 Å². The minimum absolute atomic E-state index is 0.0370. The van der Waals surface area contributed by atoms with Crippen molar-refractivity contribution in [3.63, 3.8) is 0 Å². The van der Waals surface area contributed by atoms with Gasteiger partial charge in [-0.2, -0.15) is 0 Å². The van der Waals surface area contributed by atoms with E-state index in [0.29, 0.717) is 0 Å². The fraction of sp³-hybridized carbons (Fsp3) is 0.333. The van der Waals surface area contributed by atoms with Gasteiger partial charge in [-0.3, -0.25) is 10.1 Å². The van der Waals surface area contributed by atoms with E-state index in [9.17, 15) is 10.1 Å². The Kier molecular flexibility index (Phi) is 10.6. The lowest BCUT2D eigenvalue weighted by molar-refractivity contribution is -0.418. The molecule has 0 amide bonds. The molecule has 0 saturated carbocycles. The van der Waals surface area contributed by atoms with Crippen LogP contribution in [-0.4, -0.2) is 4.92 Å². The van der Waals surface area contributed by atoms with Gasteiger partial charge in [0, 0.05) is 12.2 Å². The monoisotopic (exact) mass is 169 g/mol. The van der Waals surface area contributed by atoms with Crippen LogP contribution in [0.5, 0.6) is 0 Å². The summed E-state index contributed by atoms with van der Waals surface area (Å²) in [5.74, 6) is 0. The molecule has 68 valence electrons. The van der Waals surface area contributed by atoms with Gasteiger partial charge in [0.25, 0.3) is 5.70 Å². The highest BCUT2D eigenvalue weighted by Crippen LogP contribution is 1.94. The molecule has 0 heterocycles. The highest BCUT2D eigenvalue weighted by Gasteiger charge is 1.99. The molecule has 0 aromatic heterocycles. The summed E-state index contributed by atoms with van der Waals surface area (Å²) < 4.78 is 0. The van der Waals surface area contributed by atoms with E-state index in [0.717, 1.165) is 0 Å². The molecule has 0 aliphatic carbocycles. The van der Waals surface area contributed by atoms with Gasteiger partial charge in [0.2, 0.25) is 0 Å². The zero-order valence-electron chi connectivity index (χ0n) is 7.62. The van der Waals surface area contributed by atoms with Crippen molar-refractivity contribution >= 4 is 0 Å². The van der Waals surface area contributed by atoms with Crippen LogP contribution in [0.1, 0.15) is 20.3 Å². The Bertz CT molecular complexity index is 183. The van der Waals surface area contributed by atoms with Gasteiger partial charge in [-0.05, 0) is 0 Å². The van der Waals surface area contributed by atoms with Crippen molar-refractivity contribution in [1.29, 1.82) is 0 Å². The van der Waals surface area contributed by atoms with Crippen molar-refractivity contribution in [3.8, 4) is 0 Å². The quantitative estimate of drug-likeness (QED) is 0.370. The summed E-state index contributed by atoms with van der Waals surface area (Å²) in [6.45, 7) is 10.8. The molecule has 0 aromatic rings. The first-order valence-electron chi connectivity index (χ1n) is 3.73. The molecule has 0 aromatic carbocycles. The summed E-state index contributed by atoms with van der Waals surface area (Å²) >= 11 is 0. The van der Waals surface area contributed by atoms with Gasteiger partial charge in [0.05, 0.1) is 4.92 Å². The minimum Gasteiger partial charge on any atom is -0.258 e. The molecule has 0 aliphatic heterocycles. The third-order valence-corrected chi connectivity index (χ3v) is 0.709. The Morgan fingerprint density at radius 1 is 1.50 bits per heavy atom. The molecule has 0 fully saturated rings. The number of nitrogens with zero attached hydrogens (tertiary/aromatic N) is 1. The lowest BCUT2D eigenvalue weighted by atomic mass is 10.4. The molecule has 0 bridgehead atoms. The summed E-state index contributed by atoms with van der Waals surface area (Å²) in [6, 6.07) is 0. The van der Waals surface area contributed by atoms with Gasteiger partial charge in [-0.1, -0.05) is 39.5 Å². The number of hydrogen-bond donors (Lipinski definition) is 0. The van der Waals surface area contributed by atoms with E-state index >= 15 is 0 Å². The molecule has 0 spiro atoms. The Labute approximate surface area is 73.2 Å². The molecule has 0 N–H and O–H groups in total. The summed E-state index contributed by atoms with van der Waals surface area (Å²) in [4.78, 5) is 9.42. The van der Waals surface area contributed by atoms with Gasteiger partial charge < -0.3 is 0 Å². The molecule has 3 nitrogen and oxygen atoms in total. The van der Waals surface area contributed by atoms with Crippen LogP contribution in [0.15, 0.2) is 37.1 Å². The average Bonchev–Trinajstić information content (AvgIpc) is 2.01. The van der Waals surface area contributed by atoms with Crippen LogP contribution < -0.4 is 0 Å². The number of allylic oxidation sites excluding steroid dienone is 3. The van der Waals surface area contributed by atoms with E-state index in [1.807, 2.05) is 0 Å². The predicted molar refractivity (Wildman–Crippen MR) is 51.4 cm³/mol. The van der Waals surface area contributed by atoms with Gasteiger partial charge in [0.1, 0.15) is 0 Å². The van der Waals surface area contributed by atoms with E-state index in [2.05, 4.69) is 27.0 Å². The average molecular weight is 169 g/mol. The van der Waals surface area contributed by atoms with Gasteiger partial charge in [-0.15, -0.1) is 0 Å². The largest absolute Gasteiger partial charge is 0.268 e. The molecule has 0 saturated heterocycles. The second-order valence-corrected chi connectivity index (χ2v) is 2.00. The van der Waals surface area contributed by atoms with E-state index < -0.39 is 4.92 Å². The van der Waals surface area contributed by atoms with Crippen LogP contribution in [0.4, 0.5) is 0 Å². The van der Waals surface area contributed by atoms with Crippen LogP contribution in [0.3, 0.4) is 0 Å². The van der Waals surface area contributed by atoms with Crippen molar-refractivity contribution in [2.24, 2.45) is 0 Å². The second kappa shape index (κ2) is 9.62. The van der Waals surface area contributed by atoms with Crippen LogP contribution in [0.25, 0.3) is 0 Å². The minimum atomic E-state index is -0.519. The number of rotatable bonds is 3. The smallest absolute Gasteiger partial charge is 0.258 e. The summed E-state index contributed by atoms with van der Waals surface area (Å²) in [5, 5.41) is 9.94. The molecule has 0 unspecified atom stereocenters. The van der Waals surface area contributed by atoms with Crippen molar-refractivity contribution < 1.29 is 4.92 Å². The molecule has 3 heteroatoms. The van der Waals surface area contributed by atoms with Crippen molar-refractivity contribution in [2.75, 3.05) is 0 Å². The maximum atomic E-state index is 9.94. The van der Waals surface area contributed by atoms with Gasteiger partial charge in [-0.25, -0.2) is 0 Å². The van der Waals surface area contributed by atoms with E-state index in [-0.39, 0.29) is 5.70 Å². The maximum absolute atomic E-state index is 9.94. The Balaban J connectivity index is 0. The molecular formula is C9H15NO2. The van der Waals surface area contributed by atoms with Crippen LogP contribution >= 0.6 is 0 Å². The van der Waals surface area contributed by atoms with Crippen LogP contribution in [0, 0.1) is 10.1 Å². The normalized spacial score (nSPS) is 9.33. The van der Waals surface area contributed by atoms with E-state index in [1.54, 1.807) is 0 Å². The molecule has 12 heavy (non-hydrogen) atoms. The van der Waals surface area contributed by atoms with Gasteiger partial charge >= 0.3 is 0 Å². The predicted octanol–water partition coefficient (Wildman–Crippen LogP) is 2.94. The zero-order valence-corrected chi connectivity index (χ0v) is 7.62. The first-order chi connectivity index (χ1) is 5.63. The molecule has 0 atom stereocenters. The van der Waals surface area contributed by atoms with E-state index in [4.69, 9.17) is 0 Å². The Hall–Kier alpha value is -1.38. The van der Waals surface area contributed by atoms with Crippen LogP contribution in [0.2, 0.25) is 0 Å². The summed E-state index contributed by atoms with van der Waals surface area (Å²) in [5.41, 5.74) is -0.0370. The van der Waals surface area contributed by atoms with Gasteiger partial charge in [0.15, 0.2) is 0 Å². The van der Waals surface area contributed by atoms with Crippen molar-refractivity contribution in [3.05, 3.63) is 47.2 Å². The number of hydrogen-bond acceptors (Lipinski definition) is 2. The first kappa shape index (κ1) is 13.2. The standard InChI is InChI=1S/C6H7NO2.C3H8/c1-3-5-6(4-2)7(8)9;1-3-2/h3-5H,1-2H2;3H2,1-2H3/b6-5+;. The highest BCUT2D eigenvalue weighted by molar-refractivity contribution is 5.13. The topological polar surface area (TPSA) is 43.1 Å². The number of nitro groups is 1. The first-order valence-corrected chi connectivity index (χ1v) is 3.73. The summed E-state index contributed by atoms with van der Waals surface area (Å²) in [6.07, 6.45) is 5.05. The highest BCUT2D eigenvalue weighted by atomic mass is 16.6. The molecule has 0 rings (SSSR count). The molecule has 0 radical (unpaired) electrons. The van der Waals surface area contributed by atoms with Crippen LogP contribution in [-0.2, 0) is 0 Å². The lowest BCUT2D eigenvalue weighted by Gasteiger charge is -1.84. The molecule has 0 aliphatic rings. The second-order valence-electron chi connectivity index (χ2n) is 2.00. The maximum Gasteiger partial charge on any atom is 0.268 e. The lowest BCUT2D eigenvalue weighted by Crippen LogP contribution is -1.93. The fourth-order valence-electron chi connectivity index (χ4n) is 0.324.